The second-order valence-electron chi connectivity index (χ2n) is 14.1. The molecule has 1 rings (SSSR count). The highest BCUT2D eigenvalue weighted by atomic mass is 16.5. The third-order valence-corrected chi connectivity index (χ3v) is 9.46. The minimum atomic E-state index is 0.243. The molecule has 2 atom stereocenters. The summed E-state index contributed by atoms with van der Waals surface area (Å²) < 4.78 is 12.5. The second kappa shape index (κ2) is 37.7. The van der Waals surface area contributed by atoms with Gasteiger partial charge in [-0.25, -0.2) is 0 Å². The fourth-order valence-electron chi connectivity index (χ4n) is 6.32. The molecule has 0 unspecified atom stereocenters. The molecule has 1 heterocycles. The molecule has 0 spiro atoms. The molecule has 1 saturated heterocycles. The molecule has 1 N–H and O–H groups in total. The molecule has 0 aliphatic carbocycles. The van der Waals surface area contributed by atoms with Crippen LogP contribution in [0.15, 0.2) is 48.6 Å². The lowest BCUT2D eigenvalue weighted by atomic mass is 10.1. The Labute approximate surface area is 294 Å². The summed E-state index contributed by atoms with van der Waals surface area (Å²) >= 11 is 0. The zero-order valence-electron chi connectivity index (χ0n) is 31.7. The van der Waals surface area contributed by atoms with Crippen molar-refractivity contribution in [3.63, 3.8) is 0 Å². The minimum Gasteiger partial charge on any atom is -0.374 e. The van der Waals surface area contributed by atoms with Crippen LogP contribution in [0.4, 0.5) is 0 Å². The molecule has 47 heavy (non-hydrogen) atoms. The maximum absolute atomic E-state index is 6.23. The monoisotopic (exact) mass is 656 g/mol. The van der Waals surface area contributed by atoms with Crippen molar-refractivity contribution >= 4 is 0 Å². The molecule has 0 aromatic rings. The lowest BCUT2D eigenvalue weighted by Crippen LogP contribution is -2.30. The number of hydrogen-bond donors (Lipinski definition) is 1. The highest BCUT2D eigenvalue weighted by Crippen LogP contribution is 2.15. The smallest absolute Gasteiger partial charge is 0.0973 e. The second-order valence-corrected chi connectivity index (χ2v) is 14.1. The lowest BCUT2D eigenvalue weighted by Gasteiger charge is -2.20. The Morgan fingerprint density at radius 1 is 0.383 bits per heavy atom. The van der Waals surface area contributed by atoms with Gasteiger partial charge in [-0.3, -0.25) is 0 Å². The summed E-state index contributed by atoms with van der Waals surface area (Å²) in [5.41, 5.74) is 0. The summed E-state index contributed by atoms with van der Waals surface area (Å²) in [5, 5.41) is 3.48. The van der Waals surface area contributed by atoms with Crippen LogP contribution in [0.5, 0.6) is 0 Å². The van der Waals surface area contributed by atoms with Crippen molar-refractivity contribution in [3.05, 3.63) is 48.6 Å². The molecule has 0 aromatic carbocycles. The Kier molecular flexibility index (Phi) is 35.1. The number of nitrogens with one attached hydrogen (secondary N) is 1. The lowest BCUT2D eigenvalue weighted by molar-refractivity contribution is -0.0481. The summed E-state index contributed by atoms with van der Waals surface area (Å²) in [7, 11) is 0. The van der Waals surface area contributed by atoms with Gasteiger partial charge < -0.3 is 14.8 Å². The van der Waals surface area contributed by atoms with Crippen molar-refractivity contribution in [2.45, 2.75) is 206 Å². The van der Waals surface area contributed by atoms with Gasteiger partial charge in [0.05, 0.1) is 12.2 Å². The summed E-state index contributed by atoms with van der Waals surface area (Å²) in [6.07, 6.45) is 56.0. The highest BCUT2D eigenvalue weighted by molar-refractivity contribution is 4.93. The van der Waals surface area contributed by atoms with Crippen LogP contribution in [0.1, 0.15) is 194 Å². The van der Waals surface area contributed by atoms with Crippen molar-refractivity contribution in [1.82, 2.24) is 5.32 Å². The molecule has 0 amide bonds. The van der Waals surface area contributed by atoms with E-state index in [4.69, 9.17) is 9.47 Å². The van der Waals surface area contributed by atoms with Gasteiger partial charge in [-0.05, 0) is 77.0 Å². The van der Waals surface area contributed by atoms with Crippen LogP contribution in [-0.2, 0) is 9.47 Å². The molecular formula is C44H81NO2. The first-order valence-corrected chi connectivity index (χ1v) is 20.9. The van der Waals surface area contributed by atoms with Crippen molar-refractivity contribution in [2.75, 3.05) is 26.3 Å². The van der Waals surface area contributed by atoms with Crippen LogP contribution >= 0.6 is 0 Å². The van der Waals surface area contributed by atoms with Gasteiger partial charge in [0.1, 0.15) is 0 Å². The molecule has 1 fully saturated rings. The van der Waals surface area contributed by atoms with E-state index in [1.165, 1.54) is 167 Å². The molecule has 0 radical (unpaired) electrons. The molecule has 3 heteroatoms. The van der Waals surface area contributed by atoms with Crippen LogP contribution in [-0.4, -0.2) is 38.5 Å². The third kappa shape index (κ3) is 31.8. The van der Waals surface area contributed by atoms with Gasteiger partial charge in [0.2, 0.25) is 0 Å². The Morgan fingerprint density at radius 2 is 0.681 bits per heavy atom. The van der Waals surface area contributed by atoms with Gasteiger partial charge in [0.15, 0.2) is 0 Å². The van der Waals surface area contributed by atoms with E-state index in [0.717, 1.165) is 39.1 Å². The Morgan fingerprint density at radius 3 is 1.02 bits per heavy atom. The zero-order valence-corrected chi connectivity index (χ0v) is 31.7. The third-order valence-electron chi connectivity index (χ3n) is 9.46. The number of ether oxygens (including phenoxy) is 2. The van der Waals surface area contributed by atoms with Crippen molar-refractivity contribution in [3.8, 4) is 0 Å². The van der Waals surface area contributed by atoms with Crippen molar-refractivity contribution in [1.29, 1.82) is 0 Å². The van der Waals surface area contributed by atoms with E-state index in [2.05, 4.69) is 67.8 Å². The zero-order chi connectivity index (χ0) is 33.6. The van der Waals surface area contributed by atoms with Crippen LogP contribution in [0, 0.1) is 0 Å². The van der Waals surface area contributed by atoms with E-state index in [1.807, 2.05) is 0 Å². The maximum Gasteiger partial charge on any atom is 0.0973 e. The maximum atomic E-state index is 6.23. The standard InChI is InChI=1S/C44H81NO2/c1-3-5-7-9-11-13-15-17-19-21-23-25-27-29-31-33-35-37-39-46-43-41-45-42-44(43)47-40-38-36-34-32-30-28-26-24-22-20-18-16-14-12-10-8-6-4-2/h11-14,17-20,43-45H,3-10,15-16,21-42H2,1-2H3/b13-11-,14-12-,19-17-,20-18-/t43-,44-/m1/s1. The van der Waals surface area contributed by atoms with Gasteiger partial charge in [-0.2, -0.15) is 0 Å². The molecule has 0 bridgehead atoms. The average Bonchev–Trinajstić information content (AvgIpc) is 3.53. The van der Waals surface area contributed by atoms with Gasteiger partial charge >= 0.3 is 0 Å². The summed E-state index contributed by atoms with van der Waals surface area (Å²) in [6, 6.07) is 0. The molecular weight excluding hydrogens is 574 g/mol. The number of hydrogen-bond acceptors (Lipinski definition) is 3. The summed E-state index contributed by atoms with van der Waals surface area (Å²) in [6.45, 7) is 8.20. The van der Waals surface area contributed by atoms with E-state index in [1.54, 1.807) is 0 Å². The Balaban J connectivity index is 1.82. The Hall–Kier alpha value is -1.16. The van der Waals surface area contributed by atoms with E-state index in [-0.39, 0.29) is 12.2 Å². The first kappa shape index (κ1) is 43.9. The van der Waals surface area contributed by atoms with Crippen LogP contribution < -0.4 is 5.32 Å². The van der Waals surface area contributed by atoms with Gasteiger partial charge in [-0.1, -0.05) is 165 Å². The quantitative estimate of drug-likeness (QED) is 0.0538. The molecule has 0 saturated carbocycles. The molecule has 0 aromatic heterocycles. The fraction of sp³-hybridized carbons (Fsp3) is 0.818. The van der Waals surface area contributed by atoms with E-state index >= 15 is 0 Å². The van der Waals surface area contributed by atoms with Crippen LogP contribution in [0.25, 0.3) is 0 Å². The predicted octanol–water partition coefficient (Wildman–Crippen LogP) is 13.5. The normalized spacial score (nSPS) is 17.1. The molecule has 274 valence electrons. The van der Waals surface area contributed by atoms with Crippen molar-refractivity contribution in [2.24, 2.45) is 0 Å². The van der Waals surface area contributed by atoms with E-state index in [0.29, 0.717) is 0 Å². The average molecular weight is 656 g/mol. The molecule has 3 nitrogen and oxygen atoms in total. The van der Waals surface area contributed by atoms with E-state index in [9.17, 15) is 0 Å². The number of unbranched alkanes of at least 4 members (excludes halogenated alkanes) is 22. The first-order chi connectivity index (χ1) is 23.4. The van der Waals surface area contributed by atoms with Gasteiger partial charge in [-0.15, -0.1) is 0 Å². The summed E-state index contributed by atoms with van der Waals surface area (Å²) in [5.74, 6) is 0. The number of allylic oxidation sites excluding steroid dienone is 8. The van der Waals surface area contributed by atoms with Crippen LogP contribution in [0.2, 0.25) is 0 Å². The SMILES string of the molecule is CCCCC/C=C\C/C=C\CCCCCCCCCCO[C@@H]1CNC[C@H]1OCCCCCCCCCC/C=C\C/C=C\CCCCC. The van der Waals surface area contributed by atoms with Crippen molar-refractivity contribution < 1.29 is 9.47 Å². The van der Waals surface area contributed by atoms with E-state index < -0.39 is 0 Å². The molecule has 1 aliphatic rings. The van der Waals surface area contributed by atoms with Gasteiger partial charge in [0, 0.05) is 26.3 Å². The highest BCUT2D eigenvalue weighted by Gasteiger charge is 2.28. The molecule has 1 aliphatic heterocycles. The first-order valence-electron chi connectivity index (χ1n) is 20.9. The fourth-order valence-corrected chi connectivity index (χ4v) is 6.32. The van der Waals surface area contributed by atoms with Gasteiger partial charge in [0.25, 0.3) is 0 Å². The minimum absolute atomic E-state index is 0.243. The summed E-state index contributed by atoms with van der Waals surface area (Å²) in [4.78, 5) is 0. The largest absolute Gasteiger partial charge is 0.374 e. The number of rotatable bonds is 36. The topological polar surface area (TPSA) is 30.5 Å². The van der Waals surface area contributed by atoms with Crippen LogP contribution in [0.3, 0.4) is 0 Å². The Bertz CT molecular complexity index is 666. The predicted molar refractivity (Wildman–Crippen MR) is 210 cm³/mol.